The summed E-state index contributed by atoms with van der Waals surface area (Å²) in [6, 6.07) is 9.50. The molecule has 112 valence electrons. The van der Waals surface area contributed by atoms with Crippen molar-refractivity contribution in [1.82, 2.24) is 24.7 Å². The molecule has 0 amide bonds. The average molecular weight is 322 g/mol. The molecule has 0 unspecified atom stereocenters. The molecule has 0 aliphatic carbocycles. The minimum Gasteiger partial charge on any atom is -0.267 e. The van der Waals surface area contributed by atoms with Crippen molar-refractivity contribution in [3.63, 3.8) is 0 Å². The van der Waals surface area contributed by atoms with Crippen LogP contribution in [0.4, 0.5) is 0 Å². The zero-order valence-corrected chi connectivity index (χ0v) is 13.1. The summed E-state index contributed by atoms with van der Waals surface area (Å²) in [5, 5.41) is 4.84. The molecule has 0 fully saturated rings. The van der Waals surface area contributed by atoms with Crippen LogP contribution >= 0.6 is 11.6 Å². The van der Waals surface area contributed by atoms with Crippen LogP contribution in [0.25, 0.3) is 33.4 Å². The molecule has 4 rings (SSSR count). The number of rotatable bonds is 2. The Labute approximate surface area is 137 Å². The van der Waals surface area contributed by atoms with Crippen molar-refractivity contribution in [1.29, 1.82) is 0 Å². The van der Waals surface area contributed by atoms with Crippen LogP contribution in [-0.4, -0.2) is 24.7 Å². The quantitative estimate of drug-likeness (QED) is 0.528. The minimum absolute atomic E-state index is 0.454. The highest BCUT2D eigenvalue weighted by Gasteiger charge is 2.14. The maximum atomic E-state index is 5.98. The monoisotopic (exact) mass is 321 g/mol. The largest absolute Gasteiger partial charge is 0.267 e. The molecule has 4 aromatic heterocycles. The van der Waals surface area contributed by atoms with Crippen molar-refractivity contribution in [2.75, 3.05) is 0 Å². The van der Waals surface area contributed by atoms with Gasteiger partial charge in [-0.2, -0.15) is 5.10 Å². The summed E-state index contributed by atoms with van der Waals surface area (Å²) < 4.78 is 1.84. The highest BCUT2D eigenvalue weighted by Crippen LogP contribution is 2.32. The van der Waals surface area contributed by atoms with E-state index in [4.69, 9.17) is 11.6 Å². The van der Waals surface area contributed by atoms with Gasteiger partial charge in [0, 0.05) is 42.3 Å². The summed E-state index contributed by atoms with van der Waals surface area (Å²) >= 11 is 5.98. The maximum absolute atomic E-state index is 5.98. The molecule has 0 bridgehead atoms. The van der Waals surface area contributed by atoms with E-state index in [-0.39, 0.29) is 0 Å². The topological polar surface area (TPSA) is 56.5 Å². The van der Waals surface area contributed by atoms with Crippen molar-refractivity contribution in [2.45, 2.75) is 0 Å². The van der Waals surface area contributed by atoms with Crippen LogP contribution < -0.4 is 0 Å². The van der Waals surface area contributed by atoms with Crippen LogP contribution in [0.15, 0.2) is 55.1 Å². The van der Waals surface area contributed by atoms with Gasteiger partial charge in [0.05, 0.1) is 22.9 Å². The van der Waals surface area contributed by atoms with Gasteiger partial charge in [-0.3, -0.25) is 14.6 Å². The van der Waals surface area contributed by atoms with E-state index in [1.54, 1.807) is 12.3 Å². The lowest BCUT2D eigenvalue weighted by Gasteiger charge is -2.07. The first-order chi connectivity index (χ1) is 11.2. The Morgan fingerprint density at radius 3 is 2.74 bits per heavy atom. The Kier molecular flexibility index (Phi) is 3.28. The molecule has 0 aliphatic rings. The lowest BCUT2D eigenvalue weighted by molar-refractivity contribution is 0.775. The summed E-state index contributed by atoms with van der Waals surface area (Å²) in [5.41, 5.74) is 5.49. The van der Waals surface area contributed by atoms with Gasteiger partial charge in [0.1, 0.15) is 5.15 Å². The Morgan fingerprint density at radius 1 is 1.00 bits per heavy atom. The zero-order valence-electron chi connectivity index (χ0n) is 12.3. The molecule has 5 nitrogen and oxygen atoms in total. The third kappa shape index (κ3) is 2.45. The molecule has 4 heterocycles. The maximum Gasteiger partial charge on any atom is 0.129 e. The summed E-state index contributed by atoms with van der Waals surface area (Å²) in [5.74, 6) is 0. The van der Waals surface area contributed by atoms with Gasteiger partial charge < -0.3 is 0 Å². The second kappa shape index (κ2) is 5.44. The van der Waals surface area contributed by atoms with Crippen LogP contribution in [0.1, 0.15) is 0 Å². The Morgan fingerprint density at radius 2 is 1.91 bits per heavy atom. The molecule has 0 radical (unpaired) electrons. The van der Waals surface area contributed by atoms with Gasteiger partial charge in [0.2, 0.25) is 0 Å². The predicted octanol–water partition coefficient (Wildman–Crippen LogP) is 3.75. The molecular weight excluding hydrogens is 310 g/mol. The first kappa shape index (κ1) is 13.8. The minimum atomic E-state index is 0.454. The van der Waals surface area contributed by atoms with Gasteiger partial charge in [-0.25, -0.2) is 4.98 Å². The molecule has 0 atom stereocenters. The van der Waals surface area contributed by atoms with Crippen molar-refractivity contribution < 1.29 is 0 Å². The van der Waals surface area contributed by atoms with Crippen molar-refractivity contribution in [2.24, 2.45) is 7.05 Å². The Balaban J connectivity index is 1.92. The number of hydrogen-bond acceptors (Lipinski definition) is 4. The van der Waals surface area contributed by atoms with E-state index < -0.39 is 0 Å². The van der Waals surface area contributed by atoms with E-state index in [9.17, 15) is 0 Å². The molecule has 23 heavy (non-hydrogen) atoms. The summed E-state index contributed by atoms with van der Waals surface area (Å²) in [6.07, 6.45) is 7.23. The van der Waals surface area contributed by atoms with E-state index in [0.29, 0.717) is 5.15 Å². The van der Waals surface area contributed by atoms with Gasteiger partial charge in [-0.15, -0.1) is 0 Å². The van der Waals surface area contributed by atoms with E-state index in [2.05, 4.69) is 20.1 Å². The molecular formula is C17H12ClN5. The molecule has 0 spiro atoms. The number of fused-ring (bicyclic) bond motifs is 1. The number of aromatic nitrogens is 5. The van der Waals surface area contributed by atoms with Gasteiger partial charge >= 0.3 is 0 Å². The van der Waals surface area contributed by atoms with E-state index in [1.807, 2.05) is 54.6 Å². The highest BCUT2D eigenvalue weighted by atomic mass is 35.5. The molecule has 0 saturated heterocycles. The van der Waals surface area contributed by atoms with E-state index in [1.165, 1.54) is 0 Å². The van der Waals surface area contributed by atoms with Crippen LogP contribution in [-0.2, 0) is 7.05 Å². The molecule has 6 heteroatoms. The van der Waals surface area contributed by atoms with Crippen LogP contribution in [0.2, 0.25) is 5.15 Å². The number of hydrogen-bond donors (Lipinski definition) is 0. The molecule has 0 aromatic carbocycles. The first-order valence-electron chi connectivity index (χ1n) is 7.07. The van der Waals surface area contributed by atoms with Crippen LogP contribution in [0.5, 0.6) is 0 Å². The first-order valence-corrected chi connectivity index (χ1v) is 7.45. The van der Waals surface area contributed by atoms with Crippen molar-refractivity contribution >= 4 is 22.6 Å². The molecule has 0 aliphatic heterocycles. The SMILES string of the molecule is Cn1ncc(-c2cnc3ccc(Cl)nc3c2)c1-c1cccnc1. The van der Waals surface area contributed by atoms with Gasteiger partial charge in [-0.1, -0.05) is 11.6 Å². The van der Waals surface area contributed by atoms with Gasteiger partial charge in [-0.05, 0) is 30.3 Å². The molecule has 0 N–H and O–H groups in total. The smallest absolute Gasteiger partial charge is 0.129 e. The van der Waals surface area contributed by atoms with E-state index >= 15 is 0 Å². The number of halogens is 1. The molecule has 0 saturated carbocycles. The second-order valence-corrected chi connectivity index (χ2v) is 5.56. The lowest BCUT2D eigenvalue weighted by Crippen LogP contribution is -1.95. The summed E-state index contributed by atoms with van der Waals surface area (Å²) in [7, 11) is 1.91. The van der Waals surface area contributed by atoms with Crippen LogP contribution in [0.3, 0.4) is 0 Å². The standard InChI is InChI=1S/C17H12ClN5/c1-23-17(11-3-2-6-19-8-11)13(10-21-23)12-7-15-14(20-9-12)4-5-16(18)22-15/h2-10H,1H3. The lowest BCUT2D eigenvalue weighted by atomic mass is 10.0. The fourth-order valence-electron chi connectivity index (χ4n) is 2.62. The number of nitrogens with zero attached hydrogens (tertiary/aromatic N) is 5. The number of aryl methyl sites for hydroxylation is 1. The summed E-state index contributed by atoms with van der Waals surface area (Å²) in [6.45, 7) is 0. The van der Waals surface area contributed by atoms with Gasteiger partial charge in [0.15, 0.2) is 0 Å². The zero-order chi connectivity index (χ0) is 15.8. The second-order valence-electron chi connectivity index (χ2n) is 5.17. The fraction of sp³-hybridized carbons (Fsp3) is 0.0588. The average Bonchev–Trinajstić information content (AvgIpc) is 2.96. The predicted molar refractivity (Wildman–Crippen MR) is 90.0 cm³/mol. The van der Waals surface area contributed by atoms with Crippen molar-refractivity contribution in [3.8, 4) is 22.4 Å². The van der Waals surface area contributed by atoms with E-state index in [0.717, 1.165) is 33.4 Å². The third-order valence-corrected chi connectivity index (χ3v) is 3.90. The summed E-state index contributed by atoms with van der Waals surface area (Å²) in [4.78, 5) is 13.0. The van der Waals surface area contributed by atoms with Crippen LogP contribution in [0, 0.1) is 0 Å². The Bertz CT molecular complexity index is 994. The highest BCUT2D eigenvalue weighted by molar-refractivity contribution is 6.29. The molecule has 4 aromatic rings. The third-order valence-electron chi connectivity index (χ3n) is 3.69. The van der Waals surface area contributed by atoms with Crippen molar-refractivity contribution in [3.05, 3.63) is 60.3 Å². The fourth-order valence-corrected chi connectivity index (χ4v) is 2.78. The Hall–Kier alpha value is -2.79. The van der Waals surface area contributed by atoms with Gasteiger partial charge in [0.25, 0.3) is 0 Å². The normalized spacial score (nSPS) is 11.0. The number of pyridine rings is 3.